The lowest BCUT2D eigenvalue weighted by Crippen LogP contribution is -2.51. The topological polar surface area (TPSA) is 143 Å². The van der Waals surface area contributed by atoms with E-state index < -0.39 is 57.8 Å². The maximum Gasteiger partial charge on any atom is 0.416 e. The summed E-state index contributed by atoms with van der Waals surface area (Å²) >= 11 is 0. The molecule has 4 aromatic rings. The number of nitrogens with zero attached hydrogens (tertiary/aromatic N) is 5. The van der Waals surface area contributed by atoms with Crippen LogP contribution in [0.5, 0.6) is 0 Å². The Morgan fingerprint density at radius 3 is 2.31 bits per heavy atom. The number of nitro benzene ring substituents is 1. The van der Waals surface area contributed by atoms with Gasteiger partial charge in [-0.3, -0.25) is 33.7 Å². The van der Waals surface area contributed by atoms with Gasteiger partial charge in [-0.05, 0) is 43.1 Å². The molecule has 0 saturated carbocycles. The standard InChI is InChI=1S/C36H38F4N6O6/c1-24-33(43-18-16-42(17-19-43)21-25-8-5-11-27(20-25)46(51)52)34(49)45(23-31(26-9-3-2-4-10-26)41-15-7-14-32(47)48)35(50)44(24)22-28-29(36(38,39)40)12-6-13-30(28)37/h2-6,8-13,20,31,41H,7,14-19,21-23H2,1H3,(H,47,48)/t31-/m0/s1. The van der Waals surface area contributed by atoms with Crippen LogP contribution in [-0.2, 0) is 30.6 Å². The number of aliphatic carboxylic acids is 1. The highest BCUT2D eigenvalue weighted by Gasteiger charge is 2.35. The summed E-state index contributed by atoms with van der Waals surface area (Å²) in [6.07, 6.45) is -4.78. The van der Waals surface area contributed by atoms with Crippen molar-refractivity contribution in [2.75, 3.05) is 37.6 Å². The third-order valence-electron chi connectivity index (χ3n) is 9.14. The van der Waals surface area contributed by atoms with Gasteiger partial charge in [0, 0.05) is 62.5 Å². The zero-order chi connectivity index (χ0) is 37.6. The molecule has 276 valence electrons. The second-order valence-corrected chi connectivity index (χ2v) is 12.6. The molecule has 0 radical (unpaired) electrons. The van der Waals surface area contributed by atoms with Crippen molar-refractivity contribution in [1.29, 1.82) is 0 Å². The number of nitrogens with one attached hydrogen (secondary N) is 1. The maximum absolute atomic E-state index is 15.1. The number of rotatable bonds is 14. The minimum Gasteiger partial charge on any atom is -0.481 e. The van der Waals surface area contributed by atoms with Gasteiger partial charge >= 0.3 is 17.8 Å². The summed E-state index contributed by atoms with van der Waals surface area (Å²) in [4.78, 5) is 54.2. The molecule has 52 heavy (non-hydrogen) atoms. The number of anilines is 1. The van der Waals surface area contributed by atoms with Gasteiger partial charge in [-0.25, -0.2) is 9.18 Å². The Kier molecular flexibility index (Phi) is 11.9. The summed E-state index contributed by atoms with van der Waals surface area (Å²) < 4.78 is 59.2. The molecule has 5 rings (SSSR count). The van der Waals surface area contributed by atoms with Gasteiger partial charge in [0.25, 0.3) is 11.2 Å². The number of carboxylic acid groups (broad SMARTS) is 1. The zero-order valence-electron chi connectivity index (χ0n) is 28.3. The minimum atomic E-state index is -4.92. The molecule has 1 aliphatic rings. The first-order valence-electron chi connectivity index (χ1n) is 16.6. The molecular formula is C36H38F4N6O6. The van der Waals surface area contributed by atoms with E-state index in [2.05, 4.69) is 5.32 Å². The highest BCUT2D eigenvalue weighted by molar-refractivity contribution is 5.66. The molecule has 2 heterocycles. The molecule has 0 amide bonds. The molecule has 12 nitrogen and oxygen atoms in total. The summed E-state index contributed by atoms with van der Waals surface area (Å²) in [6.45, 7) is 2.44. The van der Waals surface area contributed by atoms with E-state index >= 15 is 4.39 Å². The van der Waals surface area contributed by atoms with Crippen molar-refractivity contribution < 1.29 is 32.4 Å². The van der Waals surface area contributed by atoms with Gasteiger partial charge < -0.3 is 15.3 Å². The Balaban J connectivity index is 1.54. The number of alkyl halides is 3. The number of non-ortho nitro benzene ring substituents is 1. The number of piperazine rings is 1. The van der Waals surface area contributed by atoms with Gasteiger partial charge in [0.15, 0.2) is 0 Å². The first kappa shape index (κ1) is 37.9. The van der Waals surface area contributed by atoms with E-state index in [-0.39, 0.29) is 56.1 Å². The highest BCUT2D eigenvalue weighted by atomic mass is 19.4. The van der Waals surface area contributed by atoms with Crippen LogP contribution in [0.25, 0.3) is 0 Å². The first-order chi connectivity index (χ1) is 24.7. The minimum absolute atomic E-state index is 0.0386. The third kappa shape index (κ3) is 8.92. The fraction of sp³-hybridized carbons (Fsp3) is 0.361. The number of carboxylic acids is 1. The molecule has 16 heteroatoms. The normalized spacial score (nSPS) is 14.4. The summed E-state index contributed by atoms with van der Waals surface area (Å²) in [6, 6.07) is 17.0. The van der Waals surface area contributed by atoms with Crippen molar-refractivity contribution >= 4 is 17.3 Å². The van der Waals surface area contributed by atoms with Crippen LogP contribution >= 0.6 is 0 Å². The van der Waals surface area contributed by atoms with Crippen LogP contribution in [0.1, 0.15) is 46.8 Å². The Hall–Kier alpha value is -5.35. The van der Waals surface area contributed by atoms with E-state index in [0.717, 1.165) is 32.9 Å². The predicted molar refractivity (Wildman–Crippen MR) is 185 cm³/mol. The van der Waals surface area contributed by atoms with E-state index in [9.17, 15) is 37.7 Å². The Morgan fingerprint density at radius 2 is 1.65 bits per heavy atom. The van der Waals surface area contributed by atoms with Crippen molar-refractivity contribution in [3.63, 3.8) is 0 Å². The van der Waals surface area contributed by atoms with Gasteiger partial charge in [-0.15, -0.1) is 0 Å². The summed E-state index contributed by atoms with van der Waals surface area (Å²) in [5.74, 6) is -2.14. The summed E-state index contributed by atoms with van der Waals surface area (Å²) in [5, 5.41) is 23.6. The van der Waals surface area contributed by atoms with Crippen LogP contribution < -0.4 is 21.5 Å². The monoisotopic (exact) mass is 726 g/mol. The number of nitro groups is 1. The predicted octanol–water partition coefficient (Wildman–Crippen LogP) is 4.95. The zero-order valence-corrected chi connectivity index (χ0v) is 28.3. The van der Waals surface area contributed by atoms with E-state index in [1.165, 1.54) is 19.1 Å². The first-order valence-corrected chi connectivity index (χ1v) is 16.6. The Morgan fingerprint density at radius 1 is 0.962 bits per heavy atom. The van der Waals surface area contributed by atoms with Crippen LogP contribution in [0.4, 0.5) is 28.9 Å². The molecule has 0 bridgehead atoms. The average Bonchev–Trinajstić information content (AvgIpc) is 3.10. The molecule has 1 fully saturated rings. The van der Waals surface area contributed by atoms with E-state index in [0.29, 0.717) is 25.2 Å². The Labute approximate surface area is 295 Å². The molecule has 0 spiro atoms. The fourth-order valence-electron chi connectivity index (χ4n) is 6.47. The smallest absolute Gasteiger partial charge is 0.416 e. The summed E-state index contributed by atoms with van der Waals surface area (Å²) in [7, 11) is 0. The van der Waals surface area contributed by atoms with Crippen LogP contribution in [0.2, 0.25) is 0 Å². The van der Waals surface area contributed by atoms with Crippen LogP contribution in [-0.4, -0.2) is 62.8 Å². The number of hydrogen-bond acceptors (Lipinski definition) is 8. The quantitative estimate of drug-likeness (QED) is 0.0799. The number of benzene rings is 3. The SMILES string of the molecule is Cc1c(N2CCN(Cc3cccc([N+](=O)[O-])c3)CC2)c(=O)n(C[C@H](NCCCC(=O)O)c2ccccc2)c(=O)n1Cc1c(F)cccc1C(F)(F)F. The van der Waals surface area contributed by atoms with E-state index in [1.54, 1.807) is 47.4 Å². The number of aromatic nitrogens is 2. The van der Waals surface area contributed by atoms with Crippen molar-refractivity contribution in [2.24, 2.45) is 0 Å². The van der Waals surface area contributed by atoms with Crippen LogP contribution in [0, 0.1) is 22.9 Å². The molecule has 3 aromatic carbocycles. The number of carbonyl (C=O) groups is 1. The van der Waals surface area contributed by atoms with Gasteiger partial charge in [0.2, 0.25) is 0 Å². The molecule has 1 saturated heterocycles. The molecule has 0 unspecified atom stereocenters. The van der Waals surface area contributed by atoms with Gasteiger partial charge in [0.1, 0.15) is 11.5 Å². The lowest BCUT2D eigenvalue weighted by Gasteiger charge is -2.37. The van der Waals surface area contributed by atoms with Gasteiger partial charge in [-0.2, -0.15) is 13.2 Å². The van der Waals surface area contributed by atoms with E-state index in [4.69, 9.17) is 5.11 Å². The fourth-order valence-corrected chi connectivity index (χ4v) is 6.47. The maximum atomic E-state index is 15.1. The summed E-state index contributed by atoms with van der Waals surface area (Å²) in [5.41, 5.74) is -2.08. The lowest BCUT2D eigenvalue weighted by molar-refractivity contribution is -0.384. The van der Waals surface area contributed by atoms with Gasteiger partial charge in [-0.1, -0.05) is 48.5 Å². The largest absolute Gasteiger partial charge is 0.481 e. The molecule has 1 aliphatic heterocycles. The highest BCUT2D eigenvalue weighted by Crippen LogP contribution is 2.34. The second-order valence-electron chi connectivity index (χ2n) is 12.6. The molecule has 1 atom stereocenters. The molecule has 2 N–H and O–H groups in total. The van der Waals surface area contributed by atoms with Crippen molar-refractivity contribution in [2.45, 2.75) is 51.6 Å². The van der Waals surface area contributed by atoms with Crippen LogP contribution in [0.15, 0.2) is 82.4 Å². The molecular weight excluding hydrogens is 688 g/mol. The molecule has 1 aromatic heterocycles. The van der Waals surface area contributed by atoms with E-state index in [1.807, 2.05) is 4.90 Å². The van der Waals surface area contributed by atoms with Crippen LogP contribution in [0.3, 0.4) is 0 Å². The number of halogens is 4. The van der Waals surface area contributed by atoms with Crippen molar-refractivity contribution in [1.82, 2.24) is 19.4 Å². The van der Waals surface area contributed by atoms with Crippen molar-refractivity contribution in [3.05, 3.63) is 138 Å². The lowest BCUT2D eigenvalue weighted by atomic mass is 10.1. The Bertz CT molecular complexity index is 2030. The second kappa shape index (κ2) is 16.3. The average molecular weight is 727 g/mol. The third-order valence-corrected chi connectivity index (χ3v) is 9.14. The van der Waals surface area contributed by atoms with Crippen molar-refractivity contribution in [3.8, 4) is 0 Å². The molecule has 0 aliphatic carbocycles. The van der Waals surface area contributed by atoms with Gasteiger partial charge in [0.05, 0.1) is 29.6 Å². The number of hydrogen-bond donors (Lipinski definition) is 2.